The average molecular weight is 514 g/mol. The summed E-state index contributed by atoms with van der Waals surface area (Å²) in [6.07, 6.45) is -6.34. The van der Waals surface area contributed by atoms with Gasteiger partial charge in [0.2, 0.25) is 10.0 Å². The minimum atomic E-state index is -5.58. The molecule has 0 atom stereocenters. The minimum absolute atomic E-state index is 0.0206. The number of hydrogen-bond acceptors (Lipinski definition) is 5. The van der Waals surface area contributed by atoms with Crippen LogP contribution >= 0.6 is 0 Å². The molecule has 3 rings (SSSR count). The highest BCUT2D eigenvalue weighted by molar-refractivity contribution is 7.91. The second-order valence-corrected chi connectivity index (χ2v) is 11.1. The third kappa shape index (κ3) is 5.21. The molecule has 0 aromatic heterocycles. The lowest BCUT2D eigenvalue weighted by Crippen LogP contribution is -2.61. The molecule has 1 aromatic rings. The Morgan fingerprint density at radius 3 is 2.15 bits per heavy atom. The fraction of sp³-hybridized carbons (Fsp3) is 0.667. The second-order valence-electron chi connectivity index (χ2n) is 8.81. The third-order valence-corrected chi connectivity index (χ3v) is 9.43. The van der Waals surface area contributed by atoms with Gasteiger partial charge < -0.3 is 5.32 Å². The van der Waals surface area contributed by atoms with Crippen molar-refractivity contribution >= 4 is 15.9 Å². The van der Waals surface area contributed by atoms with Gasteiger partial charge >= 0.3 is 12.1 Å². The molecule has 3 N–H and O–H groups in total. The summed E-state index contributed by atoms with van der Waals surface area (Å²) < 4.78 is 89.5. The molecule has 2 saturated heterocycles. The van der Waals surface area contributed by atoms with Gasteiger partial charge in [-0.05, 0) is 62.2 Å². The molecular weight excluding hydrogens is 485 g/mol. The number of sulfonamides is 1. The van der Waals surface area contributed by atoms with E-state index in [1.54, 1.807) is 12.1 Å². The number of carbonyl (C=O) groups is 1. The lowest BCUT2D eigenvalue weighted by Gasteiger charge is -2.41. The van der Waals surface area contributed by atoms with Crippen molar-refractivity contribution in [3.05, 3.63) is 35.4 Å². The number of nitrogens with zero attached hydrogens (tertiary/aromatic N) is 1. The average Bonchev–Trinajstić information content (AvgIpc) is 2.82. The highest BCUT2D eigenvalue weighted by atomic mass is 32.2. The predicted molar refractivity (Wildman–Crippen MR) is 113 cm³/mol. The molecule has 0 bridgehead atoms. The van der Waals surface area contributed by atoms with Crippen molar-refractivity contribution in [2.24, 2.45) is 0 Å². The Hall–Kier alpha value is -1.83. The van der Waals surface area contributed by atoms with Crippen LogP contribution in [0.25, 0.3) is 0 Å². The molecule has 0 spiro atoms. The molecular formula is C21H28F5N3O4S. The van der Waals surface area contributed by atoms with Crippen molar-refractivity contribution in [1.29, 1.82) is 0 Å². The number of hydrogen-bond donors (Lipinski definition) is 3. The first-order valence-electron chi connectivity index (χ1n) is 11.0. The molecule has 1 aromatic carbocycles. The number of benzene rings is 1. The number of amides is 1. The quantitative estimate of drug-likeness (QED) is 0.296. The van der Waals surface area contributed by atoms with Crippen LogP contribution in [0.2, 0.25) is 0 Å². The molecule has 0 radical (unpaired) electrons. The van der Waals surface area contributed by atoms with Crippen LogP contribution < -0.4 is 10.8 Å². The zero-order valence-corrected chi connectivity index (χ0v) is 19.2. The van der Waals surface area contributed by atoms with Crippen molar-refractivity contribution in [1.82, 2.24) is 15.1 Å². The summed E-state index contributed by atoms with van der Waals surface area (Å²) in [5.74, 6) is -5.71. The van der Waals surface area contributed by atoms with E-state index in [1.165, 1.54) is 21.9 Å². The Bertz CT molecular complexity index is 956. The lowest BCUT2D eigenvalue weighted by molar-refractivity contribution is -0.284. The van der Waals surface area contributed by atoms with Crippen molar-refractivity contribution in [3.63, 3.8) is 0 Å². The maximum absolute atomic E-state index is 13.4. The highest BCUT2D eigenvalue weighted by Crippen LogP contribution is 2.39. The van der Waals surface area contributed by atoms with Gasteiger partial charge in [-0.1, -0.05) is 24.3 Å². The first-order valence-corrected chi connectivity index (χ1v) is 12.5. The van der Waals surface area contributed by atoms with Gasteiger partial charge in [0.05, 0.1) is 0 Å². The molecule has 0 saturated carbocycles. The Labute approximate surface area is 194 Å². The number of nitrogens with one attached hydrogen (secondary N) is 2. The lowest BCUT2D eigenvalue weighted by atomic mass is 9.89. The van der Waals surface area contributed by atoms with E-state index in [-0.39, 0.29) is 31.8 Å². The fourth-order valence-electron chi connectivity index (χ4n) is 4.61. The fourth-order valence-corrected chi connectivity index (χ4v) is 6.80. The van der Waals surface area contributed by atoms with Crippen molar-refractivity contribution < 1.29 is 40.4 Å². The molecule has 0 aliphatic carbocycles. The molecule has 2 heterocycles. The van der Waals surface area contributed by atoms with Gasteiger partial charge in [0.15, 0.2) is 4.75 Å². The molecule has 1 amide bonds. The van der Waals surface area contributed by atoms with Gasteiger partial charge in [0.1, 0.15) is 0 Å². The monoisotopic (exact) mass is 513 g/mol. The topological polar surface area (TPSA) is 98.7 Å². The first-order chi connectivity index (χ1) is 15.8. The molecule has 192 valence electrons. The van der Waals surface area contributed by atoms with E-state index in [9.17, 15) is 35.2 Å². The Morgan fingerprint density at radius 1 is 1.09 bits per heavy atom. The predicted octanol–water partition coefficient (Wildman–Crippen LogP) is 2.95. The zero-order valence-electron chi connectivity index (χ0n) is 18.4. The summed E-state index contributed by atoms with van der Waals surface area (Å²) >= 11 is 0. The van der Waals surface area contributed by atoms with Crippen LogP contribution in [-0.2, 0) is 21.2 Å². The SMILES string of the molecule is O=C(NO)C1(S(=O)(=O)N2CCC(c3ccc(CCC(F)(F)C(F)(F)F)cc3)CC2)CCNCC1. The summed E-state index contributed by atoms with van der Waals surface area (Å²) in [6.45, 7) is 0.982. The van der Waals surface area contributed by atoms with Crippen LogP contribution in [0.1, 0.15) is 49.1 Å². The number of halogens is 5. The number of rotatable bonds is 7. The molecule has 34 heavy (non-hydrogen) atoms. The molecule has 13 heteroatoms. The number of hydroxylamine groups is 1. The van der Waals surface area contributed by atoms with E-state index in [1.807, 2.05) is 0 Å². The van der Waals surface area contributed by atoms with Gasteiger partial charge in [0.25, 0.3) is 5.91 Å². The largest absolute Gasteiger partial charge is 0.453 e. The van der Waals surface area contributed by atoms with Crippen LogP contribution in [0.5, 0.6) is 0 Å². The summed E-state index contributed by atoms with van der Waals surface area (Å²) in [6, 6.07) is 6.37. The number of carbonyl (C=O) groups excluding carboxylic acids is 1. The number of aryl methyl sites for hydroxylation is 1. The maximum Gasteiger partial charge on any atom is 0.453 e. The Balaban J connectivity index is 1.63. The standard InChI is InChI=1S/C21H28F5N3O4S/c22-20(23,21(24,25)26)8-5-15-1-3-16(4-2-15)17-6-13-29(14-7-17)34(32,33)19(18(30)28-31)9-11-27-12-10-19/h1-4,17,27,31H,5-14H2,(H,28,30). The Morgan fingerprint density at radius 2 is 1.65 bits per heavy atom. The van der Waals surface area contributed by atoms with Gasteiger partial charge in [-0.15, -0.1) is 0 Å². The van der Waals surface area contributed by atoms with Crippen LogP contribution in [0, 0.1) is 0 Å². The van der Waals surface area contributed by atoms with Crippen molar-refractivity contribution in [2.45, 2.75) is 61.3 Å². The number of alkyl halides is 5. The van der Waals surface area contributed by atoms with Gasteiger partial charge in [-0.25, -0.2) is 18.2 Å². The van der Waals surface area contributed by atoms with Crippen molar-refractivity contribution in [2.75, 3.05) is 26.2 Å². The van der Waals surface area contributed by atoms with Gasteiger partial charge in [0, 0.05) is 19.5 Å². The highest BCUT2D eigenvalue weighted by Gasteiger charge is 2.56. The van der Waals surface area contributed by atoms with Crippen molar-refractivity contribution in [3.8, 4) is 0 Å². The Kier molecular flexibility index (Phi) is 7.90. The third-order valence-electron chi connectivity index (χ3n) is 6.81. The summed E-state index contributed by atoms with van der Waals surface area (Å²) in [7, 11) is -4.05. The van der Waals surface area contributed by atoms with Gasteiger partial charge in [-0.2, -0.15) is 22.0 Å². The van der Waals surface area contributed by atoms with E-state index >= 15 is 0 Å². The van der Waals surface area contributed by atoms with E-state index in [0.717, 1.165) is 5.56 Å². The van der Waals surface area contributed by atoms with Gasteiger partial charge in [-0.3, -0.25) is 10.0 Å². The molecule has 0 unspecified atom stereocenters. The number of piperidine rings is 2. The normalized spacial score (nSPS) is 20.8. The van der Waals surface area contributed by atoms with Crippen LogP contribution in [-0.4, -0.2) is 66.9 Å². The molecule has 2 aliphatic rings. The zero-order chi connectivity index (χ0) is 25.2. The maximum atomic E-state index is 13.4. The van der Waals surface area contributed by atoms with Crippen LogP contribution in [0.3, 0.4) is 0 Å². The molecule has 2 fully saturated rings. The summed E-state index contributed by atoms with van der Waals surface area (Å²) in [4.78, 5) is 12.4. The van der Waals surface area contributed by atoms with E-state index in [2.05, 4.69) is 5.32 Å². The molecule has 7 nitrogen and oxygen atoms in total. The van der Waals surface area contributed by atoms with E-state index in [0.29, 0.717) is 31.5 Å². The summed E-state index contributed by atoms with van der Waals surface area (Å²) in [5.41, 5.74) is 2.70. The van der Waals surface area contributed by atoms with E-state index in [4.69, 9.17) is 5.21 Å². The smallest absolute Gasteiger partial charge is 0.317 e. The second kappa shape index (κ2) is 10.0. The summed E-state index contributed by atoms with van der Waals surface area (Å²) in [5, 5.41) is 12.2. The minimum Gasteiger partial charge on any atom is -0.317 e. The van der Waals surface area contributed by atoms with Crippen LogP contribution in [0.15, 0.2) is 24.3 Å². The first kappa shape index (κ1) is 26.8. The van der Waals surface area contributed by atoms with E-state index < -0.39 is 45.6 Å². The van der Waals surface area contributed by atoms with Crippen LogP contribution in [0.4, 0.5) is 22.0 Å². The molecule has 2 aliphatic heterocycles.